The molecule has 0 spiro atoms. The van der Waals surface area contributed by atoms with Gasteiger partial charge in [0.15, 0.2) is 0 Å². The molecule has 134 valence electrons. The van der Waals surface area contributed by atoms with Crippen LogP contribution in [0.15, 0.2) is 49.1 Å². The SMILES string of the molecule is c1cc2ncnc(NCCc3ccc(CN4CCOCC4)cc3)c2cn1. The molecular weight excluding hydrogens is 326 g/mol. The first-order valence-corrected chi connectivity index (χ1v) is 9.05. The second kappa shape index (κ2) is 8.21. The molecule has 0 radical (unpaired) electrons. The zero-order valence-corrected chi connectivity index (χ0v) is 14.8. The smallest absolute Gasteiger partial charge is 0.138 e. The number of rotatable bonds is 6. The van der Waals surface area contributed by atoms with Crippen molar-refractivity contribution >= 4 is 16.7 Å². The standard InChI is InChI=1S/C20H23N5O/c1-3-17(14-25-9-11-26-12-10-25)4-2-16(1)5-8-22-20-18-13-21-7-6-19(18)23-15-24-20/h1-4,6-7,13,15H,5,8-12,14H2,(H,22,23,24). The van der Waals surface area contributed by atoms with Gasteiger partial charge in [-0.15, -0.1) is 0 Å². The molecule has 0 saturated carbocycles. The number of hydrogen-bond acceptors (Lipinski definition) is 6. The summed E-state index contributed by atoms with van der Waals surface area (Å²) in [5, 5.41) is 4.36. The number of morpholine rings is 1. The Morgan fingerprint density at radius 3 is 2.65 bits per heavy atom. The molecule has 26 heavy (non-hydrogen) atoms. The minimum Gasteiger partial charge on any atom is -0.379 e. The van der Waals surface area contributed by atoms with E-state index in [9.17, 15) is 0 Å². The quantitative estimate of drug-likeness (QED) is 0.738. The number of aromatic nitrogens is 3. The third kappa shape index (κ3) is 4.15. The van der Waals surface area contributed by atoms with Crippen LogP contribution in [0.4, 0.5) is 5.82 Å². The van der Waals surface area contributed by atoms with Crippen LogP contribution in [-0.2, 0) is 17.7 Å². The van der Waals surface area contributed by atoms with Crippen molar-refractivity contribution < 1.29 is 4.74 Å². The molecule has 0 unspecified atom stereocenters. The van der Waals surface area contributed by atoms with E-state index in [1.165, 1.54) is 11.1 Å². The lowest BCUT2D eigenvalue weighted by molar-refractivity contribution is 0.0342. The number of nitrogens with one attached hydrogen (secondary N) is 1. The Hall–Kier alpha value is -2.57. The van der Waals surface area contributed by atoms with Gasteiger partial charge in [-0.2, -0.15) is 0 Å². The summed E-state index contributed by atoms with van der Waals surface area (Å²) in [7, 11) is 0. The number of pyridine rings is 1. The van der Waals surface area contributed by atoms with E-state index in [-0.39, 0.29) is 0 Å². The van der Waals surface area contributed by atoms with E-state index < -0.39 is 0 Å². The maximum absolute atomic E-state index is 5.40. The van der Waals surface area contributed by atoms with E-state index in [2.05, 4.69) is 49.4 Å². The van der Waals surface area contributed by atoms with Crippen molar-refractivity contribution in [3.63, 3.8) is 0 Å². The van der Waals surface area contributed by atoms with Crippen LogP contribution in [-0.4, -0.2) is 52.7 Å². The molecule has 1 saturated heterocycles. The summed E-state index contributed by atoms with van der Waals surface area (Å²) in [4.78, 5) is 15.2. The molecule has 6 nitrogen and oxygen atoms in total. The monoisotopic (exact) mass is 349 g/mol. The molecule has 0 bridgehead atoms. The second-order valence-corrected chi connectivity index (χ2v) is 6.50. The summed E-state index contributed by atoms with van der Waals surface area (Å²) < 4.78 is 5.40. The van der Waals surface area contributed by atoms with Crippen LogP contribution in [0.25, 0.3) is 10.9 Å². The summed E-state index contributed by atoms with van der Waals surface area (Å²) >= 11 is 0. The van der Waals surface area contributed by atoms with Gasteiger partial charge in [-0.3, -0.25) is 9.88 Å². The molecule has 0 atom stereocenters. The van der Waals surface area contributed by atoms with Crippen LogP contribution >= 0.6 is 0 Å². The van der Waals surface area contributed by atoms with Crippen molar-refractivity contribution in [2.24, 2.45) is 0 Å². The molecule has 1 aliphatic rings. The van der Waals surface area contributed by atoms with Gasteiger partial charge in [0, 0.05) is 38.6 Å². The zero-order chi connectivity index (χ0) is 17.6. The van der Waals surface area contributed by atoms with Crippen LogP contribution < -0.4 is 5.32 Å². The molecule has 3 aromatic rings. The van der Waals surface area contributed by atoms with Gasteiger partial charge in [0.25, 0.3) is 0 Å². The number of benzene rings is 1. The number of anilines is 1. The second-order valence-electron chi connectivity index (χ2n) is 6.50. The highest BCUT2D eigenvalue weighted by molar-refractivity contribution is 5.87. The van der Waals surface area contributed by atoms with Gasteiger partial charge in [-0.05, 0) is 23.6 Å². The minimum atomic E-state index is 0.823. The van der Waals surface area contributed by atoms with Gasteiger partial charge < -0.3 is 10.1 Å². The van der Waals surface area contributed by atoms with Gasteiger partial charge >= 0.3 is 0 Å². The van der Waals surface area contributed by atoms with E-state index in [1.54, 1.807) is 18.7 Å². The normalized spacial score (nSPS) is 15.2. The summed E-state index contributed by atoms with van der Waals surface area (Å²) in [6.07, 6.45) is 6.09. The Balaban J connectivity index is 1.31. The lowest BCUT2D eigenvalue weighted by atomic mass is 10.1. The molecular formula is C20H23N5O. The summed E-state index contributed by atoms with van der Waals surface area (Å²) in [6, 6.07) is 10.8. The molecule has 2 aromatic heterocycles. The Labute approximate surface area is 153 Å². The van der Waals surface area contributed by atoms with Gasteiger partial charge in [0.1, 0.15) is 12.1 Å². The minimum absolute atomic E-state index is 0.823. The number of ether oxygens (including phenoxy) is 1. The first-order valence-electron chi connectivity index (χ1n) is 9.05. The van der Waals surface area contributed by atoms with E-state index in [4.69, 9.17) is 4.74 Å². The maximum Gasteiger partial charge on any atom is 0.138 e. The summed E-state index contributed by atoms with van der Waals surface area (Å²) in [6.45, 7) is 5.56. The molecule has 1 aliphatic heterocycles. The molecule has 0 amide bonds. The Kier molecular flexibility index (Phi) is 5.33. The highest BCUT2D eigenvalue weighted by atomic mass is 16.5. The van der Waals surface area contributed by atoms with Gasteiger partial charge in [0.05, 0.1) is 24.1 Å². The lowest BCUT2D eigenvalue weighted by Gasteiger charge is -2.26. The summed E-state index contributed by atoms with van der Waals surface area (Å²) in [5.41, 5.74) is 3.58. The molecule has 4 rings (SSSR count). The molecule has 1 fully saturated rings. The van der Waals surface area contributed by atoms with Crippen molar-refractivity contribution in [2.75, 3.05) is 38.2 Å². The van der Waals surface area contributed by atoms with Gasteiger partial charge in [-0.1, -0.05) is 24.3 Å². The fourth-order valence-corrected chi connectivity index (χ4v) is 3.20. The molecule has 3 heterocycles. The summed E-state index contributed by atoms with van der Waals surface area (Å²) in [5.74, 6) is 0.840. The predicted octanol–water partition coefficient (Wildman–Crippen LogP) is 2.51. The number of hydrogen-bond donors (Lipinski definition) is 1. The largest absolute Gasteiger partial charge is 0.379 e. The third-order valence-corrected chi connectivity index (χ3v) is 4.68. The fraction of sp³-hybridized carbons (Fsp3) is 0.350. The third-order valence-electron chi connectivity index (χ3n) is 4.68. The lowest BCUT2D eigenvalue weighted by Crippen LogP contribution is -2.35. The van der Waals surface area contributed by atoms with Crippen molar-refractivity contribution in [3.05, 3.63) is 60.2 Å². The first kappa shape index (κ1) is 16.9. The van der Waals surface area contributed by atoms with Gasteiger partial charge in [-0.25, -0.2) is 9.97 Å². The molecule has 0 aliphatic carbocycles. The van der Waals surface area contributed by atoms with E-state index in [0.29, 0.717) is 0 Å². The van der Waals surface area contributed by atoms with Gasteiger partial charge in [0.2, 0.25) is 0 Å². The Morgan fingerprint density at radius 1 is 1.00 bits per heavy atom. The molecule has 1 N–H and O–H groups in total. The Morgan fingerprint density at radius 2 is 1.81 bits per heavy atom. The molecule has 6 heteroatoms. The average molecular weight is 349 g/mol. The van der Waals surface area contributed by atoms with Crippen molar-refractivity contribution in [1.82, 2.24) is 19.9 Å². The van der Waals surface area contributed by atoms with E-state index >= 15 is 0 Å². The van der Waals surface area contributed by atoms with Crippen molar-refractivity contribution in [1.29, 1.82) is 0 Å². The molecule has 1 aromatic carbocycles. The number of fused-ring (bicyclic) bond motifs is 1. The average Bonchev–Trinajstić information content (AvgIpc) is 2.70. The first-order chi connectivity index (χ1) is 12.9. The maximum atomic E-state index is 5.40. The van der Waals surface area contributed by atoms with Crippen LogP contribution in [0.5, 0.6) is 0 Å². The predicted molar refractivity (Wildman–Crippen MR) is 102 cm³/mol. The fourth-order valence-electron chi connectivity index (χ4n) is 3.20. The van der Waals surface area contributed by atoms with Crippen LogP contribution in [0.2, 0.25) is 0 Å². The highest BCUT2D eigenvalue weighted by Gasteiger charge is 2.10. The van der Waals surface area contributed by atoms with Crippen LogP contribution in [0.3, 0.4) is 0 Å². The van der Waals surface area contributed by atoms with E-state index in [1.807, 2.05) is 6.07 Å². The highest BCUT2D eigenvalue weighted by Crippen LogP contribution is 2.17. The Bertz CT molecular complexity index is 841. The number of nitrogens with zero attached hydrogens (tertiary/aromatic N) is 4. The van der Waals surface area contributed by atoms with Crippen molar-refractivity contribution in [2.45, 2.75) is 13.0 Å². The van der Waals surface area contributed by atoms with Crippen LogP contribution in [0, 0.1) is 0 Å². The van der Waals surface area contributed by atoms with Crippen molar-refractivity contribution in [3.8, 4) is 0 Å². The zero-order valence-electron chi connectivity index (χ0n) is 14.8. The van der Waals surface area contributed by atoms with E-state index in [0.717, 1.165) is 62.5 Å². The topological polar surface area (TPSA) is 63.2 Å². The van der Waals surface area contributed by atoms with Crippen LogP contribution in [0.1, 0.15) is 11.1 Å².